The van der Waals surface area contributed by atoms with Crippen molar-refractivity contribution in [2.75, 3.05) is 18.9 Å². The zero-order valence-corrected chi connectivity index (χ0v) is 16.5. The Morgan fingerprint density at radius 1 is 1.15 bits per heavy atom. The molecule has 0 unspecified atom stereocenters. The molecule has 0 saturated carbocycles. The van der Waals surface area contributed by atoms with Crippen molar-refractivity contribution in [3.63, 3.8) is 0 Å². The van der Waals surface area contributed by atoms with Gasteiger partial charge in [0.05, 0.1) is 6.54 Å². The van der Waals surface area contributed by atoms with Gasteiger partial charge in [0, 0.05) is 18.1 Å². The Labute approximate surface area is 161 Å². The summed E-state index contributed by atoms with van der Waals surface area (Å²) in [4.78, 5) is 30.6. The number of likely N-dealkylation sites (N-methyl/N-ethyl adjacent to an activating group) is 1. The molecular weight excluding hydrogens is 362 g/mol. The van der Waals surface area contributed by atoms with Crippen molar-refractivity contribution in [3.05, 3.63) is 58.3 Å². The summed E-state index contributed by atoms with van der Waals surface area (Å²) in [5, 5.41) is 5.20. The second-order valence-corrected chi connectivity index (χ2v) is 7.28. The molecular formula is C20H21N3O3S. The first kappa shape index (κ1) is 18.8. The molecule has 27 heavy (non-hydrogen) atoms. The second-order valence-electron chi connectivity index (χ2n) is 6.42. The third-order valence-corrected chi connectivity index (χ3v) is 5.00. The lowest BCUT2D eigenvalue weighted by atomic mass is 10.1. The fourth-order valence-electron chi connectivity index (χ4n) is 2.71. The average Bonchev–Trinajstić information content (AvgIpc) is 3.26. The van der Waals surface area contributed by atoms with Crippen molar-refractivity contribution in [3.8, 4) is 10.8 Å². The number of furan rings is 1. The molecule has 140 valence electrons. The number of thiazole rings is 1. The van der Waals surface area contributed by atoms with E-state index in [0.717, 1.165) is 22.6 Å². The minimum Gasteiger partial charge on any atom is -0.459 e. The highest BCUT2D eigenvalue weighted by molar-refractivity contribution is 7.13. The van der Waals surface area contributed by atoms with Crippen LogP contribution in [0, 0.1) is 20.8 Å². The number of aromatic nitrogens is 1. The van der Waals surface area contributed by atoms with Crippen LogP contribution in [0.4, 0.5) is 5.69 Å². The van der Waals surface area contributed by atoms with Crippen molar-refractivity contribution >= 4 is 28.8 Å². The lowest BCUT2D eigenvalue weighted by Crippen LogP contribution is -2.35. The minimum atomic E-state index is -0.308. The van der Waals surface area contributed by atoms with Gasteiger partial charge in [-0.3, -0.25) is 9.59 Å². The summed E-state index contributed by atoms with van der Waals surface area (Å²) in [5.74, 6) is 0.859. The van der Waals surface area contributed by atoms with Crippen LogP contribution in [0.2, 0.25) is 0 Å². The predicted molar refractivity (Wildman–Crippen MR) is 106 cm³/mol. The number of carbonyl (C=O) groups excluding carboxylic acids is 2. The molecule has 2 aromatic heterocycles. The van der Waals surface area contributed by atoms with E-state index in [1.165, 1.54) is 16.2 Å². The molecule has 6 nitrogen and oxygen atoms in total. The highest BCUT2D eigenvalue weighted by Crippen LogP contribution is 2.26. The topological polar surface area (TPSA) is 75.4 Å². The molecule has 1 N–H and O–H groups in total. The Bertz CT molecular complexity index is 970. The molecule has 0 bridgehead atoms. The van der Waals surface area contributed by atoms with Crippen LogP contribution < -0.4 is 5.32 Å². The van der Waals surface area contributed by atoms with E-state index < -0.39 is 0 Å². The number of rotatable bonds is 5. The number of nitrogens with zero attached hydrogens (tertiary/aromatic N) is 2. The van der Waals surface area contributed by atoms with Crippen LogP contribution in [0.1, 0.15) is 27.4 Å². The largest absolute Gasteiger partial charge is 0.459 e. The molecule has 7 heteroatoms. The van der Waals surface area contributed by atoms with Gasteiger partial charge in [-0.1, -0.05) is 18.2 Å². The fraction of sp³-hybridized carbons (Fsp3) is 0.250. The molecule has 0 aliphatic rings. The molecule has 0 spiro atoms. The number of amides is 2. The third kappa shape index (κ3) is 4.25. The number of aryl methyl sites for hydroxylation is 3. The Kier molecular flexibility index (Phi) is 5.41. The van der Waals surface area contributed by atoms with E-state index in [1.807, 2.05) is 51.1 Å². The molecule has 0 fully saturated rings. The summed E-state index contributed by atoms with van der Waals surface area (Å²) >= 11 is 1.33. The van der Waals surface area contributed by atoms with E-state index in [1.54, 1.807) is 12.4 Å². The van der Waals surface area contributed by atoms with Gasteiger partial charge in [-0.25, -0.2) is 4.98 Å². The zero-order chi connectivity index (χ0) is 19.6. The molecule has 0 atom stereocenters. The maximum Gasteiger partial charge on any atom is 0.273 e. The highest BCUT2D eigenvalue weighted by Gasteiger charge is 2.19. The predicted octanol–water partition coefficient (Wildman–Crippen LogP) is 4.04. The maximum atomic E-state index is 12.6. The molecule has 2 heterocycles. The van der Waals surface area contributed by atoms with Gasteiger partial charge >= 0.3 is 0 Å². The smallest absolute Gasteiger partial charge is 0.273 e. The molecule has 0 saturated heterocycles. The Balaban J connectivity index is 1.65. The number of benzene rings is 1. The fourth-order valence-corrected chi connectivity index (χ4v) is 3.46. The van der Waals surface area contributed by atoms with Crippen LogP contribution in [0.15, 0.2) is 40.1 Å². The van der Waals surface area contributed by atoms with Crippen molar-refractivity contribution in [1.82, 2.24) is 9.88 Å². The van der Waals surface area contributed by atoms with Crippen LogP contribution >= 0.6 is 11.3 Å². The van der Waals surface area contributed by atoms with Crippen LogP contribution in [-0.4, -0.2) is 35.3 Å². The van der Waals surface area contributed by atoms with Crippen LogP contribution in [-0.2, 0) is 4.79 Å². The van der Waals surface area contributed by atoms with Crippen molar-refractivity contribution in [2.24, 2.45) is 0 Å². The van der Waals surface area contributed by atoms with Gasteiger partial charge in [-0.15, -0.1) is 11.3 Å². The average molecular weight is 383 g/mol. The van der Waals surface area contributed by atoms with Gasteiger partial charge in [0.2, 0.25) is 5.91 Å². The Hall–Kier alpha value is -2.93. The third-order valence-electron chi connectivity index (χ3n) is 4.15. The molecule has 3 aromatic rings. The quantitative estimate of drug-likeness (QED) is 0.721. The van der Waals surface area contributed by atoms with Gasteiger partial charge in [0.15, 0.2) is 10.8 Å². The van der Waals surface area contributed by atoms with Gasteiger partial charge in [-0.05, 0) is 44.0 Å². The maximum absolute atomic E-state index is 12.6. The van der Waals surface area contributed by atoms with Crippen molar-refractivity contribution in [2.45, 2.75) is 20.8 Å². The molecule has 1 aromatic carbocycles. The molecule has 0 aliphatic carbocycles. The number of hydrogen-bond donors (Lipinski definition) is 1. The summed E-state index contributed by atoms with van der Waals surface area (Å²) in [5.41, 5.74) is 3.05. The number of anilines is 1. The van der Waals surface area contributed by atoms with E-state index in [2.05, 4.69) is 10.3 Å². The number of carbonyl (C=O) groups is 2. The highest BCUT2D eigenvalue weighted by atomic mass is 32.1. The first-order valence-electron chi connectivity index (χ1n) is 8.49. The minimum absolute atomic E-state index is 0.0562. The summed E-state index contributed by atoms with van der Waals surface area (Å²) in [6.45, 7) is 5.67. The Morgan fingerprint density at radius 3 is 2.48 bits per heavy atom. The summed E-state index contributed by atoms with van der Waals surface area (Å²) < 4.78 is 5.54. The molecule has 0 aliphatic heterocycles. The van der Waals surface area contributed by atoms with Crippen molar-refractivity contribution < 1.29 is 14.0 Å². The van der Waals surface area contributed by atoms with Gasteiger partial charge in [0.1, 0.15) is 11.5 Å². The van der Waals surface area contributed by atoms with E-state index in [-0.39, 0.29) is 18.4 Å². The molecule has 3 rings (SSSR count). The van der Waals surface area contributed by atoms with E-state index in [4.69, 9.17) is 4.42 Å². The first-order chi connectivity index (χ1) is 12.8. The summed E-state index contributed by atoms with van der Waals surface area (Å²) in [6.07, 6.45) is 0. The van der Waals surface area contributed by atoms with E-state index in [9.17, 15) is 9.59 Å². The van der Waals surface area contributed by atoms with Crippen LogP contribution in [0.25, 0.3) is 10.8 Å². The Morgan fingerprint density at radius 2 is 1.85 bits per heavy atom. The van der Waals surface area contributed by atoms with Gasteiger partial charge in [-0.2, -0.15) is 0 Å². The number of hydrogen-bond acceptors (Lipinski definition) is 5. The molecule has 2 amide bonds. The van der Waals surface area contributed by atoms with E-state index in [0.29, 0.717) is 16.5 Å². The van der Waals surface area contributed by atoms with Gasteiger partial charge in [0.25, 0.3) is 5.91 Å². The summed E-state index contributed by atoms with van der Waals surface area (Å²) in [6, 6.07) is 9.48. The summed E-state index contributed by atoms with van der Waals surface area (Å²) in [7, 11) is 1.59. The normalized spacial score (nSPS) is 10.7. The number of para-hydroxylation sites is 1. The lowest BCUT2D eigenvalue weighted by molar-refractivity contribution is -0.116. The van der Waals surface area contributed by atoms with Crippen LogP contribution in [0.5, 0.6) is 0 Å². The van der Waals surface area contributed by atoms with Crippen molar-refractivity contribution in [1.29, 1.82) is 0 Å². The SMILES string of the molecule is Cc1ccc(-c2nc(C(=O)N(C)CC(=O)Nc3c(C)cccc3C)cs2)o1. The standard InChI is InChI=1S/C20H21N3O3S/c1-12-6-5-7-13(2)18(12)22-17(24)10-23(4)20(25)15-11-27-19(21-15)16-9-8-14(3)26-16/h5-9,11H,10H2,1-4H3,(H,22,24). The first-order valence-corrected chi connectivity index (χ1v) is 9.37. The molecule has 0 radical (unpaired) electrons. The number of nitrogens with one attached hydrogen (secondary N) is 1. The van der Waals surface area contributed by atoms with E-state index >= 15 is 0 Å². The second kappa shape index (κ2) is 7.75. The lowest BCUT2D eigenvalue weighted by Gasteiger charge is -2.17. The zero-order valence-electron chi connectivity index (χ0n) is 15.7. The monoisotopic (exact) mass is 383 g/mol. The van der Waals surface area contributed by atoms with Crippen LogP contribution in [0.3, 0.4) is 0 Å². The van der Waals surface area contributed by atoms with Gasteiger partial charge < -0.3 is 14.6 Å².